The van der Waals surface area contributed by atoms with Crippen LogP contribution in [0.5, 0.6) is 0 Å². The number of aryl methyl sites for hydroxylation is 1. The van der Waals surface area contributed by atoms with Gasteiger partial charge in [0, 0.05) is 17.4 Å². The minimum atomic E-state index is -0.493. The molecule has 0 unspecified atom stereocenters. The second kappa shape index (κ2) is 8.92. The quantitative estimate of drug-likeness (QED) is 0.507. The number of aromatic nitrogens is 1. The third-order valence-electron chi connectivity index (χ3n) is 3.86. The Kier molecular flexibility index (Phi) is 6.14. The molecule has 0 aliphatic rings. The fourth-order valence-electron chi connectivity index (χ4n) is 2.38. The molecule has 0 saturated heterocycles. The van der Waals surface area contributed by atoms with Gasteiger partial charge in [-0.05, 0) is 42.8 Å². The van der Waals surface area contributed by atoms with E-state index in [4.69, 9.17) is 11.6 Å². The first-order valence-corrected chi connectivity index (χ1v) is 8.82. The van der Waals surface area contributed by atoms with E-state index in [1.165, 1.54) is 18.5 Å². The number of nitrogens with zero attached hydrogens (tertiary/aromatic N) is 2. The predicted octanol–water partition coefficient (Wildman–Crippen LogP) is 4.06. The molecule has 0 aliphatic carbocycles. The Morgan fingerprint density at radius 2 is 1.86 bits per heavy atom. The van der Waals surface area contributed by atoms with E-state index in [1.54, 1.807) is 30.5 Å². The molecule has 2 aromatic carbocycles. The van der Waals surface area contributed by atoms with Gasteiger partial charge in [-0.15, -0.1) is 0 Å². The number of halogens is 1. The molecule has 2 N–H and O–H groups in total. The van der Waals surface area contributed by atoms with Gasteiger partial charge >= 0.3 is 0 Å². The molecule has 7 heteroatoms. The molecule has 2 amide bonds. The number of hydrogen-bond acceptors (Lipinski definition) is 4. The SMILES string of the molecule is Cc1ccc(C=NNC(=O)c2cc(Cl)ccc2NC(=O)c2cccnc2)cc1. The van der Waals surface area contributed by atoms with Crippen LogP contribution in [-0.2, 0) is 0 Å². The van der Waals surface area contributed by atoms with Gasteiger partial charge < -0.3 is 5.32 Å². The Bertz CT molecular complexity index is 1020. The second-order valence-electron chi connectivity index (χ2n) is 6.00. The summed E-state index contributed by atoms with van der Waals surface area (Å²) in [5, 5.41) is 7.03. The lowest BCUT2D eigenvalue weighted by atomic mass is 10.1. The van der Waals surface area contributed by atoms with E-state index in [0.717, 1.165) is 11.1 Å². The van der Waals surface area contributed by atoms with Gasteiger partial charge in [0.15, 0.2) is 0 Å². The first kappa shape index (κ1) is 19.3. The van der Waals surface area contributed by atoms with Crippen LogP contribution in [0.4, 0.5) is 5.69 Å². The summed E-state index contributed by atoms with van der Waals surface area (Å²) in [4.78, 5) is 28.8. The van der Waals surface area contributed by atoms with Crippen LogP contribution in [-0.4, -0.2) is 23.0 Å². The van der Waals surface area contributed by atoms with Crippen LogP contribution in [0.1, 0.15) is 31.8 Å². The molecule has 1 heterocycles. The van der Waals surface area contributed by atoms with Crippen LogP contribution in [0.3, 0.4) is 0 Å². The van der Waals surface area contributed by atoms with Crippen LogP contribution in [0.15, 0.2) is 72.1 Å². The van der Waals surface area contributed by atoms with E-state index < -0.39 is 5.91 Å². The Labute approximate surface area is 167 Å². The van der Waals surface area contributed by atoms with Crippen LogP contribution < -0.4 is 10.7 Å². The van der Waals surface area contributed by atoms with Gasteiger partial charge in [0.05, 0.1) is 23.0 Å². The van der Waals surface area contributed by atoms with Crippen LogP contribution in [0.2, 0.25) is 5.02 Å². The van der Waals surface area contributed by atoms with Crippen molar-refractivity contribution in [3.05, 3.63) is 94.3 Å². The number of carbonyl (C=O) groups is 2. The van der Waals surface area contributed by atoms with Gasteiger partial charge in [-0.25, -0.2) is 5.43 Å². The molecule has 0 saturated carbocycles. The average Bonchev–Trinajstić information content (AvgIpc) is 2.71. The van der Waals surface area contributed by atoms with E-state index in [1.807, 2.05) is 31.2 Å². The number of hydrogen-bond donors (Lipinski definition) is 2. The van der Waals surface area contributed by atoms with E-state index in [0.29, 0.717) is 16.3 Å². The summed E-state index contributed by atoms with van der Waals surface area (Å²) < 4.78 is 0. The second-order valence-corrected chi connectivity index (χ2v) is 6.43. The molecule has 28 heavy (non-hydrogen) atoms. The standard InChI is InChI=1S/C21H17ClN4O2/c1-14-4-6-15(7-5-14)12-24-26-21(28)18-11-17(22)8-9-19(18)25-20(27)16-3-2-10-23-13-16/h2-13H,1H3,(H,25,27)(H,26,28). The Morgan fingerprint density at radius 1 is 1.07 bits per heavy atom. The van der Waals surface area contributed by atoms with Gasteiger partial charge in [0.2, 0.25) is 0 Å². The maximum atomic E-state index is 12.5. The van der Waals surface area contributed by atoms with E-state index in [2.05, 4.69) is 20.8 Å². The van der Waals surface area contributed by atoms with Crippen molar-refractivity contribution < 1.29 is 9.59 Å². The van der Waals surface area contributed by atoms with Gasteiger partial charge in [0.25, 0.3) is 11.8 Å². The molecule has 1 aromatic heterocycles. The largest absolute Gasteiger partial charge is 0.321 e. The average molecular weight is 393 g/mol. The van der Waals surface area contributed by atoms with Crippen LogP contribution >= 0.6 is 11.6 Å². The van der Waals surface area contributed by atoms with Gasteiger partial charge in [0.1, 0.15) is 0 Å². The summed E-state index contributed by atoms with van der Waals surface area (Å²) in [5.41, 5.74) is 5.33. The Morgan fingerprint density at radius 3 is 2.57 bits per heavy atom. The van der Waals surface area contributed by atoms with Crippen molar-refractivity contribution in [1.82, 2.24) is 10.4 Å². The maximum Gasteiger partial charge on any atom is 0.273 e. The molecular weight excluding hydrogens is 376 g/mol. The molecule has 3 rings (SSSR count). The number of hydrazone groups is 1. The number of anilines is 1. The highest BCUT2D eigenvalue weighted by Gasteiger charge is 2.15. The van der Waals surface area contributed by atoms with E-state index >= 15 is 0 Å². The summed E-state index contributed by atoms with van der Waals surface area (Å²) in [6, 6.07) is 15.6. The van der Waals surface area contributed by atoms with Gasteiger partial charge in [-0.3, -0.25) is 14.6 Å². The smallest absolute Gasteiger partial charge is 0.273 e. The molecule has 0 atom stereocenters. The zero-order chi connectivity index (χ0) is 19.9. The number of rotatable bonds is 5. The van der Waals surface area contributed by atoms with Crippen molar-refractivity contribution in [1.29, 1.82) is 0 Å². The molecule has 140 valence electrons. The molecule has 0 radical (unpaired) electrons. The highest BCUT2D eigenvalue weighted by atomic mass is 35.5. The number of carbonyl (C=O) groups excluding carboxylic acids is 2. The van der Waals surface area contributed by atoms with E-state index in [-0.39, 0.29) is 11.5 Å². The third kappa shape index (κ3) is 5.02. The topological polar surface area (TPSA) is 83.5 Å². The summed E-state index contributed by atoms with van der Waals surface area (Å²) >= 11 is 6.02. The molecule has 6 nitrogen and oxygen atoms in total. The fraction of sp³-hybridized carbons (Fsp3) is 0.0476. The number of pyridine rings is 1. The third-order valence-corrected chi connectivity index (χ3v) is 4.09. The molecular formula is C21H17ClN4O2. The molecule has 3 aromatic rings. The van der Waals surface area contributed by atoms with Crippen molar-refractivity contribution in [2.75, 3.05) is 5.32 Å². The zero-order valence-corrected chi connectivity index (χ0v) is 15.8. The number of benzene rings is 2. The minimum absolute atomic E-state index is 0.200. The number of nitrogens with one attached hydrogen (secondary N) is 2. The summed E-state index contributed by atoms with van der Waals surface area (Å²) in [6.45, 7) is 1.99. The predicted molar refractivity (Wildman–Crippen MR) is 110 cm³/mol. The van der Waals surface area contributed by atoms with Crippen LogP contribution in [0, 0.1) is 6.92 Å². The van der Waals surface area contributed by atoms with Crippen molar-refractivity contribution in [2.24, 2.45) is 5.10 Å². The molecule has 0 fully saturated rings. The van der Waals surface area contributed by atoms with Gasteiger partial charge in [-0.1, -0.05) is 41.4 Å². The van der Waals surface area contributed by atoms with E-state index in [9.17, 15) is 9.59 Å². The van der Waals surface area contributed by atoms with Crippen molar-refractivity contribution in [3.63, 3.8) is 0 Å². The monoisotopic (exact) mass is 392 g/mol. The zero-order valence-electron chi connectivity index (χ0n) is 15.0. The first-order chi connectivity index (χ1) is 13.5. The van der Waals surface area contributed by atoms with Crippen molar-refractivity contribution in [3.8, 4) is 0 Å². The molecule has 0 aliphatic heterocycles. The number of amides is 2. The summed E-state index contributed by atoms with van der Waals surface area (Å²) in [5.74, 6) is -0.875. The minimum Gasteiger partial charge on any atom is -0.321 e. The lowest BCUT2D eigenvalue weighted by Gasteiger charge is -2.10. The first-order valence-electron chi connectivity index (χ1n) is 8.44. The Hall–Kier alpha value is -3.51. The highest BCUT2D eigenvalue weighted by Crippen LogP contribution is 2.21. The summed E-state index contributed by atoms with van der Waals surface area (Å²) in [6.07, 6.45) is 4.55. The van der Waals surface area contributed by atoms with Crippen molar-refractivity contribution >= 4 is 35.3 Å². The lowest BCUT2D eigenvalue weighted by molar-refractivity contribution is 0.0956. The summed E-state index contributed by atoms with van der Waals surface area (Å²) in [7, 11) is 0. The maximum absolute atomic E-state index is 12.5. The van der Waals surface area contributed by atoms with Crippen LogP contribution in [0.25, 0.3) is 0 Å². The highest BCUT2D eigenvalue weighted by molar-refractivity contribution is 6.31. The molecule has 0 bridgehead atoms. The Balaban J connectivity index is 1.75. The van der Waals surface area contributed by atoms with Gasteiger partial charge in [-0.2, -0.15) is 5.10 Å². The fourth-order valence-corrected chi connectivity index (χ4v) is 2.56. The lowest BCUT2D eigenvalue weighted by Crippen LogP contribution is -2.21. The normalized spacial score (nSPS) is 10.6. The van der Waals surface area contributed by atoms with Crippen molar-refractivity contribution in [2.45, 2.75) is 6.92 Å². The molecule has 0 spiro atoms.